The van der Waals surface area contributed by atoms with E-state index in [9.17, 15) is 21.6 Å². The molecule has 0 bridgehead atoms. The van der Waals surface area contributed by atoms with Gasteiger partial charge in [-0.1, -0.05) is 23.2 Å². The van der Waals surface area contributed by atoms with Gasteiger partial charge >= 0.3 is 6.18 Å². The molecule has 1 fully saturated rings. The molecule has 158 valence electrons. The lowest BCUT2D eigenvalue weighted by Crippen LogP contribution is -2.36. The molecule has 1 aromatic heterocycles. The molecule has 29 heavy (non-hydrogen) atoms. The first-order valence-electron chi connectivity index (χ1n) is 8.61. The fourth-order valence-electron chi connectivity index (χ4n) is 2.96. The molecule has 3 rings (SSSR count). The summed E-state index contributed by atoms with van der Waals surface area (Å²) in [4.78, 5) is 8.98. The molecule has 0 atom stereocenters. The number of nitrogens with zero attached hydrogens (tertiary/aromatic N) is 4. The van der Waals surface area contributed by atoms with Crippen LogP contribution in [-0.2, 0) is 16.2 Å². The van der Waals surface area contributed by atoms with Gasteiger partial charge in [-0.3, -0.25) is 0 Å². The van der Waals surface area contributed by atoms with Crippen LogP contribution in [0.15, 0.2) is 29.3 Å². The summed E-state index contributed by atoms with van der Waals surface area (Å²) in [6.07, 6.45) is -3.15. The Morgan fingerprint density at radius 1 is 1.07 bits per heavy atom. The van der Waals surface area contributed by atoms with E-state index >= 15 is 0 Å². The van der Waals surface area contributed by atoms with Crippen molar-refractivity contribution >= 4 is 39.2 Å². The van der Waals surface area contributed by atoms with Crippen LogP contribution in [0.1, 0.15) is 17.7 Å². The van der Waals surface area contributed by atoms with Crippen molar-refractivity contribution in [3.63, 3.8) is 0 Å². The fraction of sp³-hybridized carbons (Fsp3) is 0.412. The van der Waals surface area contributed by atoms with Gasteiger partial charge in [0, 0.05) is 37.4 Å². The highest BCUT2D eigenvalue weighted by molar-refractivity contribution is 7.89. The molecule has 1 aromatic carbocycles. The zero-order valence-corrected chi connectivity index (χ0v) is 17.6. The predicted octanol–water partition coefficient (Wildman–Crippen LogP) is 4.01. The minimum Gasteiger partial charge on any atom is -0.339 e. The molecule has 0 aliphatic carbocycles. The minimum atomic E-state index is -4.58. The largest absolute Gasteiger partial charge is 0.433 e. The van der Waals surface area contributed by atoms with Crippen LogP contribution in [0.25, 0.3) is 0 Å². The van der Waals surface area contributed by atoms with Crippen LogP contribution >= 0.6 is 23.2 Å². The number of aromatic nitrogens is 2. The smallest absolute Gasteiger partial charge is 0.339 e. The Morgan fingerprint density at radius 2 is 1.79 bits per heavy atom. The number of aryl methyl sites for hydroxylation is 1. The average molecular weight is 469 g/mol. The topological polar surface area (TPSA) is 66.4 Å². The highest BCUT2D eigenvalue weighted by atomic mass is 35.5. The van der Waals surface area contributed by atoms with Gasteiger partial charge in [0.15, 0.2) is 0 Å². The molecular formula is C17H17Cl2F3N4O2S. The summed E-state index contributed by atoms with van der Waals surface area (Å²) < 4.78 is 66.1. The van der Waals surface area contributed by atoms with Crippen molar-refractivity contribution in [2.75, 3.05) is 31.1 Å². The summed E-state index contributed by atoms with van der Waals surface area (Å²) in [6, 6.07) is 3.59. The van der Waals surface area contributed by atoms with E-state index in [1.165, 1.54) is 16.4 Å². The van der Waals surface area contributed by atoms with E-state index in [4.69, 9.17) is 23.2 Å². The maximum atomic E-state index is 13.1. The molecule has 1 saturated heterocycles. The van der Waals surface area contributed by atoms with Crippen LogP contribution < -0.4 is 4.90 Å². The van der Waals surface area contributed by atoms with E-state index in [0.29, 0.717) is 23.6 Å². The van der Waals surface area contributed by atoms with Gasteiger partial charge in [0.1, 0.15) is 10.6 Å². The van der Waals surface area contributed by atoms with Gasteiger partial charge < -0.3 is 4.90 Å². The SMILES string of the molecule is Cc1cc(S(=O)(=O)N2CCCN(c3nccc(C(F)(F)F)n3)CC2)c(Cl)cc1Cl. The predicted molar refractivity (Wildman–Crippen MR) is 104 cm³/mol. The summed E-state index contributed by atoms with van der Waals surface area (Å²) in [5.41, 5.74) is -0.469. The summed E-state index contributed by atoms with van der Waals surface area (Å²) in [6.45, 7) is 2.38. The number of sulfonamides is 1. The minimum absolute atomic E-state index is 0.0166. The second kappa shape index (κ2) is 8.25. The number of halogens is 5. The van der Waals surface area contributed by atoms with Gasteiger partial charge in [0.05, 0.1) is 5.02 Å². The van der Waals surface area contributed by atoms with Gasteiger partial charge in [0.25, 0.3) is 0 Å². The molecule has 1 aliphatic heterocycles. The fourth-order valence-corrected chi connectivity index (χ4v) is 5.24. The Hall–Kier alpha value is -1.62. The molecule has 6 nitrogen and oxygen atoms in total. The second-order valence-corrected chi connectivity index (χ2v) is 9.24. The van der Waals surface area contributed by atoms with Gasteiger partial charge in [-0.2, -0.15) is 17.5 Å². The first kappa shape index (κ1) is 22.1. The Morgan fingerprint density at radius 3 is 2.48 bits per heavy atom. The highest BCUT2D eigenvalue weighted by Crippen LogP contribution is 2.31. The van der Waals surface area contributed by atoms with Crippen molar-refractivity contribution in [3.05, 3.63) is 45.7 Å². The Kier molecular flexibility index (Phi) is 6.28. The van der Waals surface area contributed by atoms with Crippen LogP contribution in [0.5, 0.6) is 0 Å². The standard InChI is InChI=1S/C17H17Cl2F3N4O2S/c1-11-9-14(13(19)10-12(11)18)29(27,28)26-6-2-5-25(7-8-26)16-23-4-3-15(24-16)17(20,21)22/h3-4,9-10H,2,5-8H2,1H3. The molecule has 12 heteroatoms. The third-order valence-electron chi connectivity index (χ3n) is 4.50. The molecule has 0 amide bonds. The number of hydrogen-bond acceptors (Lipinski definition) is 5. The van der Waals surface area contributed by atoms with E-state index < -0.39 is 21.9 Å². The molecule has 2 aromatic rings. The molecular weight excluding hydrogens is 452 g/mol. The molecule has 0 N–H and O–H groups in total. The number of benzene rings is 1. The number of hydrogen-bond donors (Lipinski definition) is 0. The number of rotatable bonds is 3. The van der Waals surface area contributed by atoms with Crippen LogP contribution in [0.2, 0.25) is 10.0 Å². The Balaban J connectivity index is 1.82. The zero-order valence-electron chi connectivity index (χ0n) is 15.2. The molecule has 0 spiro atoms. The van der Waals surface area contributed by atoms with Crippen molar-refractivity contribution in [3.8, 4) is 0 Å². The first-order chi connectivity index (χ1) is 13.5. The summed E-state index contributed by atoms with van der Waals surface area (Å²) in [7, 11) is -3.90. The lowest BCUT2D eigenvalue weighted by molar-refractivity contribution is -0.141. The van der Waals surface area contributed by atoms with Gasteiger partial charge in [-0.25, -0.2) is 18.4 Å². The third-order valence-corrected chi connectivity index (χ3v) is 7.27. The van der Waals surface area contributed by atoms with Crippen LogP contribution in [-0.4, -0.2) is 48.9 Å². The van der Waals surface area contributed by atoms with Crippen LogP contribution in [0.3, 0.4) is 0 Å². The van der Waals surface area contributed by atoms with Gasteiger partial charge in [0.2, 0.25) is 16.0 Å². The van der Waals surface area contributed by atoms with Crippen molar-refractivity contribution in [2.24, 2.45) is 0 Å². The van der Waals surface area contributed by atoms with E-state index in [0.717, 1.165) is 12.3 Å². The Bertz CT molecular complexity index is 1020. The average Bonchev–Trinajstić information content (AvgIpc) is 2.91. The summed E-state index contributed by atoms with van der Waals surface area (Å²) in [5.74, 6) is -0.0838. The molecule has 0 saturated carbocycles. The maximum absolute atomic E-state index is 13.1. The van der Waals surface area contributed by atoms with Crippen molar-refractivity contribution in [1.82, 2.24) is 14.3 Å². The molecule has 0 unspecified atom stereocenters. The molecule has 0 radical (unpaired) electrons. The number of anilines is 1. The van der Waals surface area contributed by atoms with Crippen LogP contribution in [0, 0.1) is 6.92 Å². The zero-order chi connectivity index (χ0) is 21.4. The highest BCUT2D eigenvalue weighted by Gasteiger charge is 2.34. The van der Waals surface area contributed by atoms with E-state index in [1.54, 1.807) is 11.8 Å². The monoisotopic (exact) mass is 468 g/mol. The normalized spacial score (nSPS) is 16.7. The molecule has 1 aliphatic rings. The maximum Gasteiger partial charge on any atom is 0.433 e. The van der Waals surface area contributed by atoms with E-state index in [2.05, 4.69) is 9.97 Å². The first-order valence-corrected chi connectivity index (χ1v) is 10.8. The lowest BCUT2D eigenvalue weighted by atomic mass is 10.2. The second-order valence-electron chi connectivity index (χ2n) is 6.52. The Labute approximate surface area is 176 Å². The van der Waals surface area contributed by atoms with E-state index in [1.807, 2.05) is 0 Å². The third kappa shape index (κ3) is 4.76. The lowest BCUT2D eigenvalue weighted by Gasteiger charge is -2.23. The van der Waals surface area contributed by atoms with Crippen LogP contribution in [0.4, 0.5) is 19.1 Å². The van der Waals surface area contributed by atoms with Crippen molar-refractivity contribution in [2.45, 2.75) is 24.4 Å². The summed E-state index contributed by atoms with van der Waals surface area (Å²) >= 11 is 12.1. The van der Waals surface area contributed by atoms with Gasteiger partial charge in [-0.15, -0.1) is 0 Å². The quantitative estimate of drug-likeness (QED) is 0.680. The van der Waals surface area contributed by atoms with E-state index in [-0.39, 0.29) is 35.5 Å². The van der Waals surface area contributed by atoms with Gasteiger partial charge in [-0.05, 0) is 37.1 Å². The molecule has 2 heterocycles. The van der Waals surface area contributed by atoms with Crippen molar-refractivity contribution in [1.29, 1.82) is 0 Å². The summed E-state index contributed by atoms with van der Waals surface area (Å²) in [5, 5.41) is 0.376. The van der Waals surface area contributed by atoms with Crippen molar-refractivity contribution < 1.29 is 21.6 Å². The number of alkyl halides is 3.